The number of piperazine rings is 1. The van der Waals surface area contributed by atoms with Crippen molar-refractivity contribution in [2.75, 3.05) is 33.0 Å². The van der Waals surface area contributed by atoms with Gasteiger partial charge in [0, 0.05) is 0 Å². The van der Waals surface area contributed by atoms with E-state index in [9.17, 15) is 18.0 Å². The molecule has 9 heteroatoms. The fourth-order valence-corrected chi connectivity index (χ4v) is 3.03. The first-order chi connectivity index (χ1) is 8.77. The Balaban J connectivity index is 2.76. The number of carbonyl (C=O) groups is 2. The number of esters is 1. The fourth-order valence-electron chi connectivity index (χ4n) is 1.95. The Morgan fingerprint density at radius 2 is 2.11 bits per heavy atom. The molecule has 0 aromatic carbocycles. The van der Waals surface area contributed by atoms with E-state index >= 15 is 0 Å². The van der Waals surface area contributed by atoms with Crippen LogP contribution in [0.2, 0.25) is 0 Å². The van der Waals surface area contributed by atoms with E-state index < -0.39 is 34.0 Å². The summed E-state index contributed by atoms with van der Waals surface area (Å²) in [7, 11) is -2.22. The average molecular weight is 294 g/mol. The van der Waals surface area contributed by atoms with Crippen LogP contribution in [0.1, 0.15) is 6.92 Å². The summed E-state index contributed by atoms with van der Waals surface area (Å²) in [5.74, 6) is -1.06. The summed E-state index contributed by atoms with van der Waals surface area (Å²) < 4.78 is 28.9. The van der Waals surface area contributed by atoms with Gasteiger partial charge in [-0.15, -0.1) is 0 Å². The molecule has 3 N–H and O–H groups in total. The summed E-state index contributed by atoms with van der Waals surface area (Å²) in [4.78, 5) is 23.3. The third kappa shape index (κ3) is 4.15. The van der Waals surface area contributed by atoms with Crippen LogP contribution >= 0.6 is 0 Å². The Morgan fingerprint density at radius 3 is 2.63 bits per heavy atom. The van der Waals surface area contributed by atoms with Gasteiger partial charge in [0.1, 0.15) is 12.6 Å². The van der Waals surface area contributed by atoms with Crippen LogP contribution in [0.3, 0.4) is 0 Å². The van der Waals surface area contributed by atoms with Gasteiger partial charge >= 0.3 is 5.97 Å². The zero-order valence-electron chi connectivity index (χ0n) is 11.3. The van der Waals surface area contributed by atoms with E-state index in [0.717, 1.165) is 10.6 Å². The molecule has 1 fully saturated rings. The number of sulfonamides is 1. The Hall–Kier alpha value is -1.19. The predicted molar refractivity (Wildman–Crippen MR) is 66.6 cm³/mol. The van der Waals surface area contributed by atoms with Crippen molar-refractivity contribution in [1.29, 1.82) is 0 Å². The van der Waals surface area contributed by atoms with E-state index in [2.05, 4.69) is 10.1 Å². The topological polar surface area (TPSA) is 109 Å². The largest absolute Gasteiger partial charge is 0.467 e. The number of carbonyl (C=O) groups excluding carboxylic acids is 2. The SMILES string of the molecule is COC(=O)[C@@H](C)NC(=O)[C@@H]1C[NH2+]CCN1S(C)(=O)=O. The maximum atomic E-state index is 12.0. The minimum atomic E-state index is -3.45. The predicted octanol–water partition coefficient (Wildman–Crippen LogP) is -3.13. The first-order valence-corrected chi connectivity index (χ1v) is 7.79. The van der Waals surface area contributed by atoms with Crippen LogP contribution < -0.4 is 10.6 Å². The smallest absolute Gasteiger partial charge is 0.328 e. The molecule has 0 aliphatic carbocycles. The van der Waals surface area contributed by atoms with Gasteiger partial charge < -0.3 is 15.4 Å². The highest BCUT2D eigenvalue weighted by atomic mass is 32.2. The summed E-state index contributed by atoms with van der Waals surface area (Å²) in [6.45, 7) is 2.72. The summed E-state index contributed by atoms with van der Waals surface area (Å²) >= 11 is 0. The molecule has 8 nitrogen and oxygen atoms in total. The van der Waals surface area contributed by atoms with Crippen molar-refractivity contribution < 1.29 is 28.1 Å². The van der Waals surface area contributed by atoms with Crippen molar-refractivity contribution in [2.45, 2.75) is 19.0 Å². The highest BCUT2D eigenvalue weighted by molar-refractivity contribution is 7.88. The Kier molecular flexibility index (Phi) is 5.27. The number of methoxy groups -OCH3 is 1. The van der Waals surface area contributed by atoms with Gasteiger partial charge in [-0.05, 0) is 6.92 Å². The van der Waals surface area contributed by atoms with Gasteiger partial charge in [0.25, 0.3) is 0 Å². The molecule has 110 valence electrons. The first-order valence-electron chi connectivity index (χ1n) is 5.94. The molecule has 0 aromatic heterocycles. The van der Waals surface area contributed by atoms with Crippen molar-refractivity contribution in [3.63, 3.8) is 0 Å². The van der Waals surface area contributed by atoms with Gasteiger partial charge in [-0.1, -0.05) is 0 Å². The molecule has 0 unspecified atom stereocenters. The lowest BCUT2D eigenvalue weighted by Crippen LogP contribution is -2.92. The lowest BCUT2D eigenvalue weighted by molar-refractivity contribution is -0.664. The van der Waals surface area contributed by atoms with Crippen molar-refractivity contribution >= 4 is 21.9 Å². The molecule has 1 aliphatic heterocycles. The summed E-state index contributed by atoms with van der Waals surface area (Å²) in [6, 6.07) is -1.60. The number of nitrogens with two attached hydrogens (primary N) is 1. The van der Waals surface area contributed by atoms with Gasteiger partial charge in [-0.2, -0.15) is 4.31 Å². The average Bonchev–Trinajstić information content (AvgIpc) is 2.36. The van der Waals surface area contributed by atoms with Crippen molar-refractivity contribution in [2.24, 2.45) is 0 Å². The van der Waals surface area contributed by atoms with E-state index in [0.29, 0.717) is 13.1 Å². The summed E-state index contributed by atoms with van der Waals surface area (Å²) in [5, 5.41) is 4.33. The van der Waals surface area contributed by atoms with Crippen LogP contribution in [0.5, 0.6) is 0 Å². The minimum Gasteiger partial charge on any atom is -0.467 e. The van der Waals surface area contributed by atoms with Crippen molar-refractivity contribution in [3.05, 3.63) is 0 Å². The van der Waals surface area contributed by atoms with Crippen LogP contribution in [-0.4, -0.2) is 69.7 Å². The number of nitrogens with one attached hydrogen (secondary N) is 1. The molecule has 19 heavy (non-hydrogen) atoms. The maximum Gasteiger partial charge on any atom is 0.328 e. The number of amides is 1. The molecule has 0 spiro atoms. The van der Waals surface area contributed by atoms with Gasteiger partial charge in [-0.25, -0.2) is 13.2 Å². The second kappa shape index (κ2) is 6.31. The fraction of sp³-hybridized carbons (Fsp3) is 0.800. The van der Waals surface area contributed by atoms with E-state index in [4.69, 9.17) is 0 Å². The molecule has 1 heterocycles. The number of hydrogen-bond acceptors (Lipinski definition) is 5. The Labute approximate surface area is 112 Å². The van der Waals surface area contributed by atoms with E-state index in [1.807, 2.05) is 5.32 Å². The second-order valence-electron chi connectivity index (χ2n) is 4.46. The number of rotatable bonds is 4. The third-order valence-electron chi connectivity index (χ3n) is 2.93. The van der Waals surface area contributed by atoms with E-state index in [1.165, 1.54) is 14.0 Å². The zero-order valence-corrected chi connectivity index (χ0v) is 12.1. The molecule has 1 rings (SSSR count). The summed E-state index contributed by atoms with van der Waals surface area (Å²) in [5.41, 5.74) is 0. The molecule has 1 aliphatic rings. The molecule has 2 atom stereocenters. The normalized spacial score (nSPS) is 22.6. The number of nitrogens with zero attached hydrogens (tertiary/aromatic N) is 1. The molecular formula is C10H20N3O5S+. The van der Waals surface area contributed by atoms with Gasteiger partial charge in [0.05, 0.1) is 26.5 Å². The van der Waals surface area contributed by atoms with Crippen LogP contribution in [0, 0.1) is 0 Å². The third-order valence-corrected chi connectivity index (χ3v) is 4.22. The molecular weight excluding hydrogens is 274 g/mol. The van der Waals surface area contributed by atoms with Crippen molar-refractivity contribution in [1.82, 2.24) is 9.62 Å². The van der Waals surface area contributed by atoms with E-state index in [-0.39, 0.29) is 6.54 Å². The Morgan fingerprint density at radius 1 is 1.47 bits per heavy atom. The molecule has 1 amide bonds. The molecule has 0 radical (unpaired) electrons. The van der Waals surface area contributed by atoms with Gasteiger partial charge in [0.15, 0.2) is 6.04 Å². The van der Waals surface area contributed by atoms with E-state index in [1.54, 1.807) is 0 Å². The highest BCUT2D eigenvalue weighted by Gasteiger charge is 2.37. The number of quaternary nitrogens is 1. The number of ether oxygens (including phenoxy) is 1. The van der Waals surface area contributed by atoms with Gasteiger partial charge in [0.2, 0.25) is 15.9 Å². The lowest BCUT2D eigenvalue weighted by atomic mass is 10.2. The monoisotopic (exact) mass is 294 g/mol. The first kappa shape index (κ1) is 15.9. The molecule has 1 saturated heterocycles. The summed E-state index contributed by atoms with van der Waals surface area (Å²) in [6.07, 6.45) is 1.07. The van der Waals surface area contributed by atoms with Gasteiger partial charge in [-0.3, -0.25) is 4.79 Å². The number of hydrogen-bond donors (Lipinski definition) is 2. The molecule has 0 saturated carbocycles. The van der Waals surface area contributed by atoms with Crippen LogP contribution in [-0.2, 0) is 24.3 Å². The highest BCUT2D eigenvalue weighted by Crippen LogP contribution is 2.06. The maximum absolute atomic E-state index is 12.0. The standard InChI is InChI=1S/C10H19N3O5S/c1-7(10(15)18-2)12-9(14)8-6-11-4-5-13(8)19(3,16)17/h7-8,11H,4-6H2,1-3H3,(H,12,14)/p+1/t7-,8+/m1/s1. The van der Waals surface area contributed by atoms with Crippen LogP contribution in [0.15, 0.2) is 0 Å². The van der Waals surface area contributed by atoms with Crippen LogP contribution in [0.4, 0.5) is 0 Å². The van der Waals surface area contributed by atoms with Crippen molar-refractivity contribution in [3.8, 4) is 0 Å². The molecule has 0 bridgehead atoms. The Bertz CT molecular complexity index is 450. The molecule has 0 aromatic rings. The minimum absolute atomic E-state index is 0.281. The zero-order chi connectivity index (χ0) is 14.6. The van der Waals surface area contributed by atoms with Crippen LogP contribution in [0.25, 0.3) is 0 Å². The quantitative estimate of drug-likeness (QED) is 0.533. The second-order valence-corrected chi connectivity index (χ2v) is 6.39. The lowest BCUT2D eigenvalue weighted by Gasteiger charge is -2.31.